The van der Waals surface area contributed by atoms with Crippen LogP contribution in [0, 0.1) is 0 Å². The van der Waals surface area contributed by atoms with Gasteiger partial charge in [-0.15, -0.1) is 13.2 Å². The zero-order valence-corrected chi connectivity index (χ0v) is 8.89. The number of rotatable bonds is 2. The number of hydrogen-bond acceptors (Lipinski definition) is 4. The number of nitrogen functional groups attached to an aromatic ring is 1. The van der Waals surface area contributed by atoms with E-state index in [1.54, 1.807) is 0 Å². The van der Waals surface area contributed by atoms with Crippen molar-refractivity contribution in [2.45, 2.75) is 12.9 Å². The average Bonchev–Trinajstić information content (AvgIpc) is 2.08. The zero-order chi connectivity index (χ0) is 11.6. The van der Waals surface area contributed by atoms with E-state index in [9.17, 15) is 13.2 Å². The van der Waals surface area contributed by atoms with Gasteiger partial charge in [-0.1, -0.05) is 0 Å². The summed E-state index contributed by atoms with van der Waals surface area (Å²) in [4.78, 5) is 3.44. The molecule has 4 N–H and O–H groups in total. The van der Waals surface area contributed by atoms with Gasteiger partial charge in [0.15, 0.2) is 0 Å². The van der Waals surface area contributed by atoms with Crippen LogP contribution in [0.1, 0.15) is 5.56 Å². The van der Waals surface area contributed by atoms with Crippen LogP contribution in [0.3, 0.4) is 0 Å². The molecule has 0 saturated heterocycles. The van der Waals surface area contributed by atoms with Crippen LogP contribution in [0.2, 0.25) is 0 Å². The number of anilines is 1. The number of alkyl halides is 3. The molecule has 0 fully saturated rings. The van der Waals surface area contributed by atoms with Crippen LogP contribution in [0.4, 0.5) is 19.0 Å². The normalized spacial score (nSPS) is 11.5. The van der Waals surface area contributed by atoms with E-state index in [1.807, 2.05) is 0 Å². The Kier molecular flexibility index (Phi) is 3.40. The van der Waals surface area contributed by atoms with Crippen molar-refractivity contribution in [1.82, 2.24) is 4.98 Å². The second-order valence-corrected chi connectivity index (χ2v) is 3.43. The molecule has 0 aliphatic rings. The molecule has 8 heteroatoms. The highest BCUT2D eigenvalue weighted by Crippen LogP contribution is 2.29. The molecule has 0 saturated carbocycles. The lowest BCUT2D eigenvalue weighted by Gasteiger charge is -2.12. The summed E-state index contributed by atoms with van der Waals surface area (Å²) in [6.45, 7) is -0.128. The lowest BCUT2D eigenvalue weighted by Crippen LogP contribution is -2.20. The number of hydrogen-bond donors (Lipinski definition) is 2. The largest absolute Gasteiger partial charge is 0.574 e. The Labute approximate surface area is 91.5 Å². The van der Waals surface area contributed by atoms with E-state index < -0.39 is 12.2 Å². The predicted octanol–water partition coefficient (Wildman–Crippen LogP) is 1.78. The summed E-state index contributed by atoms with van der Waals surface area (Å²) in [6.07, 6.45) is -4.81. The molecule has 84 valence electrons. The van der Waals surface area contributed by atoms with Crippen molar-refractivity contribution in [3.05, 3.63) is 16.1 Å². The highest BCUT2D eigenvalue weighted by Gasteiger charge is 2.33. The monoisotopic (exact) mass is 285 g/mol. The topological polar surface area (TPSA) is 74.2 Å². The fourth-order valence-electron chi connectivity index (χ4n) is 0.867. The minimum Gasteiger partial charge on any atom is -0.387 e. The van der Waals surface area contributed by atoms with Crippen LogP contribution in [-0.4, -0.2) is 11.3 Å². The first-order chi connectivity index (χ1) is 6.83. The maximum absolute atomic E-state index is 11.9. The van der Waals surface area contributed by atoms with Crippen molar-refractivity contribution >= 4 is 21.7 Å². The Bertz CT molecular complexity index is 369. The van der Waals surface area contributed by atoms with Crippen molar-refractivity contribution in [1.29, 1.82) is 0 Å². The van der Waals surface area contributed by atoms with E-state index in [1.165, 1.54) is 6.07 Å². The molecule has 15 heavy (non-hydrogen) atoms. The van der Waals surface area contributed by atoms with E-state index >= 15 is 0 Å². The van der Waals surface area contributed by atoms with Gasteiger partial charge < -0.3 is 16.2 Å². The molecule has 1 aromatic rings. The molecule has 0 amide bonds. The van der Waals surface area contributed by atoms with Gasteiger partial charge in [0, 0.05) is 12.1 Å². The molecule has 0 unspecified atom stereocenters. The summed E-state index contributed by atoms with van der Waals surface area (Å²) in [6, 6.07) is 1.34. The second-order valence-electron chi connectivity index (χ2n) is 2.57. The van der Waals surface area contributed by atoms with Gasteiger partial charge in [0.1, 0.15) is 5.82 Å². The SMILES string of the molecule is NCc1cc(Br)c(N)nc1OC(F)(F)F. The van der Waals surface area contributed by atoms with Crippen LogP contribution in [0.5, 0.6) is 5.88 Å². The van der Waals surface area contributed by atoms with Crippen molar-refractivity contribution in [2.24, 2.45) is 5.73 Å². The van der Waals surface area contributed by atoms with Crippen molar-refractivity contribution in [2.75, 3.05) is 5.73 Å². The van der Waals surface area contributed by atoms with E-state index in [0.717, 1.165) is 0 Å². The minimum absolute atomic E-state index is 0.0912. The van der Waals surface area contributed by atoms with Gasteiger partial charge in [-0.05, 0) is 22.0 Å². The molecule has 4 nitrogen and oxygen atoms in total. The Hall–Kier alpha value is -1.02. The number of nitrogens with zero attached hydrogens (tertiary/aromatic N) is 1. The Morgan fingerprint density at radius 2 is 2.07 bits per heavy atom. The molecule has 0 aromatic carbocycles. The summed E-state index contributed by atoms with van der Waals surface area (Å²) in [5.74, 6) is -0.711. The van der Waals surface area contributed by atoms with E-state index in [0.29, 0.717) is 4.47 Å². The van der Waals surface area contributed by atoms with Crippen LogP contribution in [0.15, 0.2) is 10.5 Å². The first-order valence-corrected chi connectivity index (χ1v) is 4.53. The van der Waals surface area contributed by atoms with Gasteiger partial charge in [0.2, 0.25) is 5.88 Å². The predicted molar refractivity (Wildman–Crippen MR) is 50.9 cm³/mol. The van der Waals surface area contributed by atoms with Gasteiger partial charge in [-0.25, -0.2) is 0 Å². The molecule has 0 aliphatic heterocycles. The van der Waals surface area contributed by atoms with E-state index in [4.69, 9.17) is 11.5 Å². The third kappa shape index (κ3) is 3.24. The Morgan fingerprint density at radius 3 is 2.53 bits per heavy atom. The van der Waals surface area contributed by atoms with Crippen LogP contribution in [-0.2, 0) is 6.54 Å². The highest BCUT2D eigenvalue weighted by atomic mass is 79.9. The summed E-state index contributed by atoms with van der Waals surface area (Å²) in [7, 11) is 0. The minimum atomic E-state index is -4.81. The molecule has 0 radical (unpaired) electrons. The maximum Gasteiger partial charge on any atom is 0.574 e. The lowest BCUT2D eigenvalue weighted by molar-refractivity contribution is -0.276. The number of nitrogens with two attached hydrogens (primary N) is 2. The van der Waals surface area contributed by atoms with Gasteiger partial charge in [0.05, 0.1) is 4.47 Å². The van der Waals surface area contributed by atoms with E-state index in [2.05, 4.69) is 25.7 Å². The highest BCUT2D eigenvalue weighted by molar-refractivity contribution is 9.10. The number of pyridine rings is 1. The fourth-order valence-corrected chi connectivity index (χ4v) is 1.23. The third-order valence-electron chi connectivity index (χ3n) is 1.47. The second kappa shape index (κ2) is 4.23. The molecule has 1 rings (SSSR count). The molecule has 0 atom stereocenters. The summed E-state index contributed by atoms with van der Waals surface area (Å²) >= 11 is 3.02. The van der Waals surface area contributed by atoms with Crippen LogP contribution >= 0.6 is 15.9 Å². The first kappa shape index (κ1) is 12.1. The first-order valence-electron chi connectivity index (χ1n) is 3.74. The third-order valence-corrected chi connectivity index (χ3v) is 2.11. The molecule has 0 bridgehead atoms. The van der Waals surface area contributed by atoms with Crippen molar-refractivity contribution < 1.29 is 17.9 Å². The number of aromatic nitrogens is 1. The molecular formula is C7H7BrF3N3O. The van der Waals surface area contributed by atoms with Gasteiger partial charge in [-0.2, -0.15) is 4.98 Å². The summed E-state index contributed by atoms with van der Waals surface area (Å²) in [5.41, 5.74) is 10.7. The van der Waals surface area contributed by atoms with Crippen LogP contribution in [0.25, 0.3) is 0 Å². The van der Waals surface area contributed by atoms with Gasteiger partial charge in [-0.3, -0.25) is 0 Å². The summed E-state index contributed by atoms with van der Waals surface area (Å²) in [5, 5.41) is 0. The average molecular weight is 286 g/mol. The van der Waals surface area contributed by atoms with Gasteiger partial charge >= 0.3 is 6.36 Å². The number of halogens is 4. The molecule has 1 heterocycles. The Balaban J connectivity index is 3.11. The molecule has 0 spiro atoms. The quantitative estimate of drug-likeness (QED) is 0.869. The molecule has 0 aliphatic carbocycles. The molecular weight excluding hydrogens is 279 g/mol. The van der Waals surface area contributed by atoms with E-state index in [-0.39, 0.29) is 17.9 Å². The standard InChI is InChI=1S/C7H7BrF3N3O/c8-4-1-3(2-12)6(14-5(4)13)15-7(9,10)11/h1H,2,12H2,(H2,13,14). The fraction of sp³-hybridized carbons (Fsp3) is 0.286. The van der Waals surface area contributed by atoms with Crippen molar-refractivity contribution in [3.63, 3.8) is 0 Å². The maximum atomic E-state index is 11.9. The smallest absolute Gasteiger partial charge is 0.387 e. The summed E-state index contributed by atoms with van der Waals surface area (Å²) < 4.78 is 39.8. The lowest BCUT2D eigenvalue weighted by atomic mass is 10.2. The molecule has 1 aromatic heterocycles. The van der Waals surface area contributed by atoms with Crippen molar-refractivity contribution in [3.8, 4) is 5.88 Å². The zero-order valence-electron chi connectivity index (χ0n) is 7.31. The van der Waals surface area contributed by atoms with Gasteiger partial charge in [0.25, 0.3) is 0 Å². The van der Waals surface area contributed by atoms with Crippen LogP contribution < -0.4 is 16.2 Å². The Morgan fingerprint density at radius 1 is 1.47 bits per heavy atom. The number of ether oxygens (including phenoxy) is 1.